The van der Waals surface area contributed by atoms with E-state index in [4.69, 9.17) is 9.84 Å². The first kappa shape index (κ1) is 15.8. The molecule has 1 aliphatic heterocycles. The van der Waals surface area contributed by atoms with Crippen molar-refractivity contribution >= 4 is 33.6 Å². The lowest BCUT2D eigenvalue weighted by Gasteiger charge is -2.38. The lowest BCUT2D eigenvalue weighted by Crippen LogP contribution is -2.51. The monoisotopic (exact) mass is 356 g/mol. The van der Waals surface area contributed by atoms with E-state index in [0.29, 0.717) is 24.2 Å². The quantitative estimate of drug-likeness (QED) is 0.853. The standard InChI is InChI=1S/C14H17BrN2O4/c1-14(2)8-17(5-6-21-14)13(20)16-11-7-9(15)3-4-10(11)12(18)19/h3-4,7H,5-6,8H2,1-2H3,(H,16,20)(H,18,19). The summed E-state index contributed by atoms with van der Waals surface area (Å²) < 4.78 is 6.25. The summed E-state index contributed by atoms with van der Waals surface area (Å²) >= 11 is 3.27. The van der Waals surface area contributed by atoms with Crippen LogP contribution in [0.2, 0.25) is 0 Å². The highest BCUT2D eigenvalue weighted by Gasteiger charge is 2.30. The molecule has 1 saturated heterocycles. The Kier molecular flexibility index (Phi) is 4.53. The third kappa shape index (κ3) is 3.95. The molecule has 0 aromatic heterocycles. The van der Waals surface area contributed by atoms with Gasteiger partial charge < -0.3 is 20.1 Å². The molecule has 0 aliphatic carbocycles. The fraction of sp³-hybridized carbons (Fsp3) is 0.429. The molecule has 0 atom stereocenters. The zero-order chi connectivity index (χ0) is 15.6. The van der Waals surface area contributed by atoms with Gasteiger partial charge in [-0.05, 0) is 32.0 Å². The summed E-state index contributed by atoms with van der Waals surface area (Å²) in [5.74, 6) is -1.08. The van der Waals surface area contributed by atoms with Crippen LogP contribution in [0.3, 0.4) is 0 Å². The number of hydrogen-bond donors (Lipinski definition) is 2. The number of aromatic carboxylic acids is 1. The van der Waals surface area contributed by atoms with Crippen LogP contribution in [0.25, 0.3) is 0 Å². The van der Waals surface area contributed by atoms with Gasteiger partial charge in [-0.1, -0.05) is 15.9 Å². The largest absolute Gasteiger partial charge is 0.478 e. The minimum absolute atomic E-state index is 0.0547. The summed E-state index contributed by atoms with van der Waals surface area (Å²) in [6.45, 7) is 5.22. The number of ether oxygens (including phenoxy) is 1. The van der Waals surface area contributed by atoms with E-state index < -0.39 is 11.6 Å². The van der Waals surface area contributed by atoms with Gasteiger partial charge in [-0.15, -0.1) is 0 Å². The van der Waals surface area contributed by atoms with Gasteiger partial charge in [0.1, 0.15) is 0 Å². The number of nitrogens with one attached hydrogen (secondary N) is 1. The number of anilines is 1. The van der Waals surface area contributed by atoms with E-state index in [9.17, 15) is 9.59 Å². The Morgan fingerprint density at radius 1 is 1.43 bits per heavy atom. The molecule has 0 radical (unpaired) electrons. The number of rotatable bonds is 2. The van der Waals surface area contributed by atoms with Crippen LogP contribution in [0.4, 0.5) is 10.5 Å². The van der Waals surface area contributed by atoms with Crippen LogP contribution in [0.15, 0.2) is 22.7 Å². The topological polar surface area (TPSA) is 78.9 Å². The summed E-state index contributed by atoms with van der Waals surface area (Å²) in [6.07, 6.45) is 0. The number of carbonyl (C=O) groups excluding carboxylic acids is 1. The van der Waals surface area contributed by atoms with E-state index in [1.54, 1.807) is 17.0 Å². The van der Waals surface area contributed by atoms with Gasteiger partial charge in [0.2, 0.25) is 0 Å². The van der Waals surface area contributed by atoms with E-state index in [2.05, 4.69) is 21.2 Å². The predicted octanol–water partition coefficient (Wildman–Crippen LogP) is 2.79. The zero-order valence-electron chi connectivity index (χ0n) is 11.9. The Bertz CT molecular complexity index is 574. The molecule has 1 aliphatic rings. The van der Waals surface area contributed by atoms with E-state index in [0.717, 1.165) is 0 Å². The smallest absolute Gasteiger partial charge is 0.337 e. The first-order valence-electron chi connectivity index (χ1n) is 6.51. The van der Waals surface area contributed by atoms with Crippen LogP contribution in [0, 0.1) is 0 Å². The second kappa shape index (κ2) is 6.03. The number of carboxylic acid groups (broad SMARTS) is 1. The zero-order valence-corrected chi connectivity index (χ0v) is 13.4. The highest BCUT2D eigenvalue weighted by atomic mass is 79.9. The number of benzene rings is 1. The van der Waals surface area contributed by atoms with Gasteiger partial charge in [0.25, 0.3) is 0 Å². The van der Waals surface area contributed by atoms with Gasteiger partial charge >= 0.3 is 12.0 Å². The lowest BCUT2D eigenvalue weighted by atomic mass is 10.1. The van der Waals surface area contributed by atoms with Gasteiger partial charge in [0.05, 0.1) is 30.0 Å². The number of carbonyl (C=O) groups is 2. The molecule has 0 spiro atoms. The average molecular weight is 357 g/mol. The van der Waals surface area contributed by atoms with Gasteiger partial charge in [0.15, 0.2) is 0 Å². The van der Waals surface area contributed by atoms with Crippen LogP contribution < -0.4 is 5.32 Å². The summed E-state index contributed by atoms with van der Waals surface area (Å²) in [4.78, 5) is 25.1. The van der Waals surface area contributed by atoms with E-state index in [-0.39, 0.29) is 17.3 Å². The van der Waals surface area contributed by atoms with Gasteiger partial charge in [-0.25, -0.2) is 9.59 Å². The highest BCUT2D eigenvalue weighted by molar-refractivity contribution is 9.10. The molecule has 0 saturated carbocycles. The molecule has 7 heteroatoms. The van der Waals surface area contributed by atoms with Crippen molar-refractivity contribution < 1.29 is 19.4 Å². The van der Waals surface area contributed by atoms with Crippen molar-refractivity contribution in [2.45, 2.75) is 19.4 Å². The third-order valence-corrected chi connectivity index (χ3v) is 3.66. The fourth-order valence-electron chi connectivity index (χ4n) is 2.19. The summed E-state index contributed by atoms with van der Waals surface area (Å²) in [5, 5.41) is 11.8. The van der Waals surface area contributed by atoms with Crippen molar-refractivity contribution in [2.75, 3.05) is 25.0 Å². The predicted molar refractivity (Wildman–Crippen MR) is 81.7 cm³/mol. The molecule has 21 heavy (non-hydrogen) atoms. The van der Waals surface area contributed by atoms with E-state index in [1.807, 2.05) is 13.8 Å². The maximum Gasteiger partial charge on any atom is 0.337 e. The first-order chi connectivity index (χ1) is 9.78. The Morgan fingerprint density at radius 3 is 2.76 bits per heavy atom. The highest BCUT2D eigenvalue weighted by Crippen LogP contribution is 2.23. The van der Waals surface area contributed by atoms with Gasteiger partial charge in [-0.3, -0.25) is 0 Å². The molecule has 0 unspecified atom stereocenters. The maximum absolute atomic E-state index is 12.3. The number of amides is 2. The normalized spacial score (nSPS) is 17.4. The molecule has 1 fully saturated rings. The van der Waals surface area contributed by atoms with Crippen molar-refractivity contribution in [2.24, 2.45) is 0 Å². The van der Waals surface area contributed by atoms with Crippen molar-refractivity contribution in [3.8, 4) is 0 Å². The fourth-order valence-corrected chi connectivity index (χ4v) is 2.55. The molecule has 2 N–H and O–H groups in total. The first-order valence-corrected chi connectivity index (χ1v) is 7.30. The Labute approximate surface area is 131 Å². The van der Waals surface area contributed by atoms with Crippen molar-refractivity contribution in [3.63, 3.8) is 0 Å². The summed E-state index contributed by atoms with van der Waals surface area (Å²) in [7, 11) is 0. The number of hydrogen-bond acceptors (Lipinski definition) is 3. The maximum atomic E-state index is 12.3. The molecular weight excluding hydrogens is 340 g/mol. The minimum atomic E-state index is -1.08. The van der Waals surface area contributed by atoms with Crippen LogP contribution >= 0.6 is 15.9 Å². The molecular formula is C14H17BrN2O4. The van der Waals surface area contributed by atoms with Crippen molar-refractivity contribution in [1.29, 1.82) is 0 Å². The second-order valence-electron chi connectivity index (χ2n) is 5.45. The summed E-state index contributed by atoms with van der Waals surface area (Å²) in [5.41, 5.74) is -0.0760. The van der Waals surface area contributed by atoms with Crippen LogP contribution in [-0.4, -0.2) is 47.3 Å². The Hall–Kier alpha value is -1.60. The van der Waals surface area contributed by atoms with Crippen LogP contribution in [0.1, 0.15) is 24.2 Å². The number of urea groups is 1. The van der Waals surface area contributed by atoms with Gasteiger partial charge in [0, 0.05) is 11.0 Å². The molecule has 1 aromatic rings. The third-order valence-electron chi connectivity index (χ3n) is 3.17. The molecule has 2 rings (SSSR count). The number of halogens is 1. The molecule has 2 amide bonds. The van der Waals surface area contributed by atoms with Crippen molar-refractivity contribution in [3.05, 3.63) is 28.2 Å². The minimum Gasteiger partial charge on any atom is -0.478 e. The molecule has 6 nitrogen and oxygen atoms in total. The summed E-state index contributed by atoms with van der Waals surface area (Å²) in [6, 6.07) is 4.32. The molecule has 114 valence electrons. The Morgan fingerprint density at radius 2 is 2.14 bits per heavy atom. The van der Waals surface area contributed by atoms with E-state index in [1.165, 1.54) is 6.07 Å². The Balaban J connectivity index is 2.16. The van der Waals surface area contributed by atoms with E-state index >= 15 is 0 Å². The second-order valence-corrected chi connectivity index (χ2v) is 6.37. The molecule has 1 aromatic carbocycles. The number of carboxylic acids is 1. The number of nitrogens with zero attached hydrogens (tertiary/aromatic N) is 1. The molecule has 0 bridgehead atoms. The molecule has 1 heterocycles. The van der Waals surface area contributed by atoms with Crippen molar-refractivity contribution in [1.82, 2.24) is 4.90 Å². The lowest BCUT2D eigenvalue weighted by molar-refractivity contribution is -0.0720. The number of morpholine rings is 1. The van der Waals surface area contributed by atoms with Crippen LogP contribution in [-0.2, 0) is 4.74 Å². The van der Waals surface area contributed by atoms with Crippen LogP contribution in [0.5, 0.6) is 0 Å². The van der Waals surface area contributed by atoms with Gasteiger partial charge in [-0.2, -0.15) is 0 Å². The average Bonchev–Trinajstić information content (AvgIpc) is 2.37. The SMILES string of the molecule is CC1(C)CN(C(=O)Nc2cc(Br)ccc2C(=O)O)CCO1.